The maximum Gasteiger partial charge on any atom is 0.229 e. The third-order valence-electron chi connectivity index (χ3n) is 7.22. The van der Waals surface area contributed by atoms with E-state index >= 15 is 0 Å². The molecule has 1 aliphatic rings. The van der Waals surface area contributed by atoms with Crippen LogP contribution in [0.3, 0.4) is 0 Å². The van der Waals surface area contributed by atoms with Crippen LogP contribution in [-0.4, -0.2) is 44.1 Å². The van der Waals surface area contributed by atoms with Crippen LogP contribution in [0.5, 0.6) is 0 Å². The van der Waals surface area contributed by atoms with E-state index in [4.69, 9.17) is 21.6 Å². The maximum atomic E-state index is 12.3. The number of anilines is 1. The van der Waals surface area contributed by atoms with E-state index in [0.29, 0.717) is 36.7 Å². The third kappa shape index (κ3) is 6.38. The summed E-state index contributed by atoms with van der Waals surface area (Å²) in [5.74, 6) is 1.82. The second kappa shape index (κ2) is 12.4. The number of nitrogens with zero attached hydrogens (tertiary/aromatic N) is 4. The zero-order valence-corrected chi connectivity index (χ0v) is 23.6. The number of furan rings is 1. The second-order valence-electron chi connectivity index (χ2n) is 10.0. The molecular formula is C31H34N6O2S. The number of thiocarbonyl (C=S) groups is 1. The van der Waals surface area contributed by atoms with Crippen molar-refractivity contribution >= 4 is 29.2 Å². The molecule has 0 aliphatic carbocycles. The summed E-state index contributed by atoms with van der Waals surface area (Å²) in [6, 6.07) is 25.6. The molecule has 0 spiro atoms. The average molecular weight is 555 g/mol. The summed E-state index contributed by atoms with van der Waals surface area (Å²) in [6.07, 6.45) is 3.13. The van der Waals surface area contributed by atoms with Crippen LogP contribution in [0.15, 0.2) is 94.5 Å². The maximum absolute atomic E-state index is 12.3. The Morgan fingerprint density at radius 1 is 0.975 bits per heavy atom. The highest BCUT2D eigenvalue weighted by Gasteiger charge is 2.42. The first-order chi connectivity index (χ1) is 19.4. The number of aryl methyl sites for hydroxylation is 2. The summed E-state index contributed by atoms with van der Waals surface area (Å²) in [4.78, 5) is 16.0. The number of benzene rings is 2. The Morgan fingerprint density at radius 3 is 2.12 bits per heavy atom. The van der Waals surface area contributed by atoms with E-state index in [2.05, 4.69) is 25.5 Å². The number of aliphatic imine (C=N–C) groups is 1. The molecule has 3 N–H and O–H groups in total. The molecular weight excluding hydrogens is 520 g/mol. The van der Waals surface area contributed by atoms with E-state index in [0.717, 1.165) is 41.1 Å². The van der Waals surface area contributed by atoms with Crippen LogP contribution < -0.4 is 10.6 Å². The zero-order valence-electron chi connectivity index (χ0n) is 22.7. The topological polar surface area (TPSA) is 98.8 Å². The molecule has 1 saturated heterocycles. The van der Waals surface area contributed by atoms with Crippen LogP contribution in [0.4, 0.5) is 5.95 Å². The van der Waals surface area contributed by atoms with Crippen LogP contribution in [0.25, 0.3) is 0 Å². The number of aliphatic hydroxyl groups is 1. The highest BCUT2D eigenvalue weighted by atomic mass is 32.1. The number of guanidine groups is 1. The Labute approximate surface area is 240 Å². The van der Waals surface area contributed by atoms with Crippen LogP contribution >= 0.6 is 12.2 Å². The first-order valence-corrected chi connectivity index (χ1v) is 13.9. The molecule has 206 valence electrons. The summed E-state index contributed by atoms with van der Waals surface area (Å²) in [5.41, 5.74) is 2.43. The van der Waals surface area contributed by atoms with Gasteiger partial charge in [-0.05, 0) is 74.2 Å². The predicted octanol–water partition coefficient (Wildman–Crippen LogP) is 5.18. The smallest absolute Gasteiger partial charge is 0.229 e. The van der Waals surface area contributed by atoms with E-state index in [1.165, 1.54) is 0 Å². The highest BCUT2D eigenvalue weighted by Crippen LogP contribution is 2.42. The number of likely N-dealkylation sites (tertiary alicyclic amines) is 1. The van der Waals surface area contributed by atoms with Gasteiger partial charge in [-0.15, -0.1) is 0 Å². The minimum atomic E-state index is -1.10. The fourth-order valence-electron chi connectivity index (χ4n) is 5.30. The third-order valence-corrected chi connectivity index (χ3v) is 7.46. The Bertz CT molecular complexity index is 1380. The van der Waals surface area contributed by atoms with Gasteiger partial charge in [0, 0.05) is 24.5 Å². The van der Waals surface area contributed by atoms with Gasteiger partial charge < -0.3 is 19.7 Å². The summed E-state index contributed by atoms with van der Waals surface area (Å²) >= 11 is 5.56. The molecule has 0 atom stereocenters. The number of hydrogen-bond acceptors (Lipinski definition) is 5. The van der Waals surface area contributed by atoms with Crippen molar-refractivity contribution in [3.63, 3.8) is 0 Å². The lowest BCUT2D eigenvalue weighted by Crippen LogP contribution is -2.48. The summed E-state index contributed by atoms with van der Waals surface area (Å²) < 4.78 is 5.40. The number of aromatic nitrogens is 2. The van der Waals surface area contributed by atoms with Crippen molar-refractivity contribution in [2.45, 2.75) is 38.8 Å². The lowest BCUT2D eigenvalue weighted by atomic mass is 9.72. The molecule has 2 aromatic heterocycles. The van der Waals surface area contributed by atoms with Crippen molar-refractivity contribution in [3.05, 3.63) is 113 Å². The van der Waals surface area contributed by atoms with Crippen LogP contribution in [0, 0.1) is 19.8 Å². The first kappa shape index (κ1) is 27.5. The molecule has 9 heteroatoms. The molecule has 0 radical (unpaired) electrons. The minimum Gasteiger partial charge on any atom is -0.467 e. The normalized spacial score (nSPS) is 14.7. The molecule has 2 aromatic carbocycles. The molecule has 8 nitrogen and oxygen atoms in total. The standard InChI is InChI=1S/C31H34N6O2S/c1-22-20-23(2)34-28(33-22)35-29(36-30(40)32-21-27-14-9-19-39-27)37-17-15-26(16-18-37)31(38,24-10-5-3-6-11-24)25-12-7-4-8-13-25/h3-14,19-20,26,38H,15-18,21H2,1-2H3,(H2,32,33,34,35,36,40). The summed E-state index contributed by atoms with van der Waals surface area (Å²) in [6.45, 7) is 5.65. The van der Waals surface area contributed by atoms with Gasteiger partial charge in [-0.1, -0.05) is 60.7 Å². The van der Waals surface area contributed by atoms with Crippen molar-refractivity contribution in [1.29, 1.82) is 0 Å². The van der Waals surface area contributed by atoms with Gasteiger partial charge in [-0.25, -0.2) is 9.97 Å². The number of nitrogens with one attached hydrogen (secondary N) is 2. The van der Waals surface area contributed by atoms with Crippen LogP contribution in [-0.2, 0) is 12.1 Å². The van der Waals surface area contributed by atoms with Gasteiger partial charge in [0.1, 0.15) is 11.4 Å². The fraction of sp³-hybridized carbons (Fsp3) is 0.290. The highest BCUT2D eigenvalue weighted by molar-refractivity contribution is 7.80. The van der Waals surface area contributed by atoms with Crippen molar-refractivity contribution in [2.75, 3.05) is 18.4 Å². The Morgan fingerprint density at radius 2 is 1.57 bits per heavy atom. The molecule has 1 fully saturated rings. The van der Waals surface area contributed by atoms with E-state index in [1.807, 2.05) is 92.7 Å². The molecule has 1 aliphatic heterocycles. The van der Waals surface area contributed by atoms with Gasteiger partial charge in [-0.2, -0.15) is 4.99 Å². The minimum absolute atomic E-state index is 0.0105. The van der Waals surface area contributed by atoms with Crippen LogP contribution in [0.2, 0.25) is 0 Å². The van der Waals surface area contributed by atoms with Crippen molar-refractivity contribution in [3.8, 4) is 0 Å². The predicted molar refractivity (Wildman–Crippen MR) is 161 cm³/mol. The molecule has 4 aromatic rings. The zero-order chi connectivity index (χ0) is 28.0. The number of piperidine rings is 1. The largest absolute Gasteiger partial charge is 0.467 e. The van der Waals surface area contributed by atoms with Gasteiger partial charge in [-0.3, -0.25) is 5.32 Å². The van der Waals surface area contributed by atoms with Crippen molar-refractivity contribution in [2.24, 2.45) is 10.9 Å². The number of rotatable bonds is 6. The second-order valence-corrected chi connectivity index (χ2v) is 10.4. The Kier molecular flexibility index (Phi) is 8.52. The van der Waals surface area contributed by atoms with Gasteiger partial charge in [0.25, 0.3) is 0 Å². The summed E-state index contributed by atoms with van der Waals surface area (Å²) in [7, 11) is 0. The molecule has 0 bridgehead atoms. The quantitative estimate of drug-likeness (QED) is 0.170. The van der Waals surface area contributed by atoms with Gasteiger partial charge in [0.05, 0.1) is 12.8 Å². The van der Waals surface area contributed by atoms with Crippen LogP contribution in [0.1, 0.15) is 41.1 Å². The van der Waals surface area contributed by atoms with Gasteiger partial charge in [0.15, 0.2) is 5.11 Å². The molecule has 0 amide bonds. The van der Waals surface area contributed by atoms with E-state index in [-0.39, 0.29) is 5.92 Å². The Balaban J connectivity index is 1.37. The molecule has 40 heavy (non-hydrogen) atoms. The lowest BCUT2D eigenvalue weighted by Gasteiger charge is -2.43. The van der Waals surface area contributed by atoms with Crippen molar-refractivity contribution in [1.82, 2.24) is 20.2 Å². The number of hydrogen-bond donors (Lipinski definition) is 3. The molecule has 5 rings (SSSR count). The average Bonchev–Trinajstić information content (AvgIpc) is 3.50. The first-order valence-electron chi connectivity index (χ1n) is 13.5. The molecule has 0 saturated carbocycles. The van der Waals surface area contributed by atoms with E-state index < -0.39 is 5.60 Å². The SMILES string of the molecule is Cc1cc(C)nc(N/C(=N/C(=S)NCc2ccco2)N2CCC(C(O)(c3ccccc3)c3ccccc3)CC2)n1. The van der Waals surface area contributed by atoms with E-state index in [1.54, 1.807) is 6.26 Å². The van der Waals surface area contributed by atoms with Gasteiger partial charge >= 0.3 is 0 Å². The van der Waals surface area contributed by atoms with Gasteiger partial charge in [0.2, 0.25) is 11.9 Å². The molecule has 3 heterocycles. The Hall–Kier alpha value is -4.08. The van der Waals surface area contributed by atoms with Crippen molar-refractivity contribution < 1.29 is 9.52 Å². The fourth-order valence-corrected chi connectivity index (χ4v) is 5.46. The van der Waals surface area contributed by atoms with E-state index in [9.17, 15) is 5.11 Å². The lowest BCUT2D eigenvalue weighted by molar-refractivity contribution is -0.00653. The summed E-state index contributed by atoms with van der Waals surface area (Å²) in [5, 5.41) is 19.1. The molecule has 0 unspecified atom stereocenters. The monoisotopic (exact) mass is 554 g/mol.